The Morgan fingerprint density at radius 3 is 1.28 bits per heavy atom. The van der Waals surface area contributed by atoms with Crippen molar-refractivity contribution >= 4 is 56.4 Å². The van der Waals surface area contributed by atoms with Gasteiger partial charge in [-0.05, 0) is 66.0 Å². The fraction of sp³-hybridized carbons (Fsp3) is 0.500. The Balaban J connectivity index is 0.00000420. The summed E-state index contributed by atoms with van der Waals surface area (Å²) in [4.78, 5) is 14.9. The molecule has 7 heteroatoms. The van der Waals surface area contributed by atoms with E-state index in [0.29, 0.717) is 12.1 Å². The molecule has 0 amide bonds. The number of hydrogen-bond acceptors (Lipinski definition) is 6. The summed E-state index contributed by atoms with van der Waals surface area (Å²) < 4.78 is 0. The average Bonchev–Trinajstić information content (AvgIpc) is 2.89. The van der Waals surface area contributed by atoms with Gasteiger partial charge in [0.1, 0.15) is 0 Å². The molecule has 0 spiro atoms. The number of pyridine rings is 2. The minimum absolute atomic E-state index is 0. The van der Waals surface area contributed by atoms with Crippen LogP contribution in [0, 0.1) is 13.8 Å². The van der Waals surface area contributed by atoms with Crippen LogP contribution in [0.3, 0.4) is 0 Å². The first-order valence-electron chi connectivity index (χ1n) is 14.4. The number of likely N-dealkylation sites (N-methyl/N-ethyl adjacent to an activating group) is 2. The molecule has 0 saturated heterocycles. The zero-order valence-corrected chi connectivity index (χ0v) is 25.9. The first-order chi connectivity index (χ1) is 18.3. The molecule has 4 aromatic rings. The third kappa shape index (κ3) is 6.92. The molecule has 2 unspecified atom stereocenters. The minimum atomic E-state index is 0. The maximum atomic E-state index is 5.02. The van der Waals surface area contributed by atoms with Gasteiger partial charge in [0.05, 0.1) is 11.0 Å². The van der Waals surface area contributed by atoms with E-state index in [4.69, 9.17) is 9.97 Å². The molecule has 2 heterocycles. The topological polar surface area (TPSA) is 56.3 Å². The summed E-state index contributed by atoms with van der Waals surface area (Å²) in [6, 6.07) is 13.9. The Morgan fingerprint density at radius 1 is 0.615 bits per heavy atom. The van der Waals surface area contributed by atoms with Gasteiger partial charge in [-0.1, -0.05) is 52.0 Å². The molecule has 0 aliphatic carbocycles. The van der Waals surface area contributed by atoms with E-state index in [2.05, 4.69) is 112 Å². The molecule has 0 aliphatic heterocycles. The number of halogens is 1. The highest BCUT2D eigenvalue weighted by Crippen LogP contribution is 2.35. The number of aryl methyl sites for hydroxylation is 2. The zero-order chi connectivity index (χ0) is 27.4. The van der Waals surface area contributed by atoms with Crippen molar-refractivity contribution in [3.63, 3.8) is 0 Å². The van der Waals surface area contributed by atoms with Gasteiger partial charge in [0.25, 0.3) is 0 Å². The second kappa shape index (κ2) is 13.6. The van der Waals surface area contributed by atoms with Gasteiger partial charge in [-0.2, -0.15) is 0 Å². The maximum Gasteiger partial charge on any atom is 0.0805 e. The van der Waals surface area contributed by atoms with Crippen LogP contribution in [0.2, 0.25) is 0 Å². The highest BCUT2D eigenvalue weighted by Gasteiger charge is 2.16. The maximum absolute atomic E-state index is 5.02. The van der Waals surface area contributed by atoms with E-state index in [1.54, 1.807) is 0 Å². The van der Waals surface area contributed by atoms with Gasteiger partial charge < -0.3 is 20.4 Å². The highest BCUT2D eigenvalue weighted by atomic mass is 35.5. The quantitative estimate of drug-likeness (QED) is 0.181. The summed E-state index contributed by atoms with van der Waals surface area (Å²) in [5.41, 5.74) is 6.42. The van der Waals surface area contributed by atoms with Crippen LogP contribution >= 0.6 is 12.4 Å². The van der Waals surface area contributed by atoms with E-state index in [1.807, 2.05) is 0 Å². The predicted octanol–water partition coefficient (Wildman–Crippen LogP) is 7.26. The highest BCUT2D eigenvalue weighted by molar-refractivity contribution is 6.18. The third-order valence-corrected chi connectivity index (χ3v) is 7.66. The van der Waals surface area contributed by atoms with Crippen LogP contribution in [0.25, 0.3) is 32.6 Å². The molecular formula is C32H47ClN6. The fourth-order valence-electron chi connectivity index (χ4n) is 5.64. The van der Waals surface area contributed by atoms with E-state index in [1.165, 1.54) is 0 Å². The van der Waals surface area contributed by atoms with Crippen molar-refractivity contribution in [2.24, 2.45) is 0 Å². The Morgan fingerprint density at radius 2 is 0.949 bits per heavy atom. The van der Waals surface area contributed by atoms with Crippen LogP contribution in [0.1, 0.15) is 52.9 Å². The standard InChI is InChI=1S/C32H46N6.ClH/c1-9-37(10-2)19-23(7)33-29-17-21(5)35-31-25-14-16-28-30(34-24(8)20-38(11-3)12-4)18-22(6)36-32(28)26(25)13-15-27(29)31;/h13-18,23-24H,9-12,19-20H2,1-8H3,(H,33,35)(H,34,36);1H. The first kappa shape index (κ1) is 30.9. The molecule has 212 valence electrons. The van der Waals surface area contributed by atoms with E-state index in [-0.39, 0.29) is 12.4 Å². The lowest BCUT2D eigenvalue weighted by atomic mass is 10.00. The SMILES string of the molecule is CCN(CC)CC(C)Nc1cc(C)nc2c1ccc1c2ccc2c(NC(C)CN(CC)CC)cc(C)nc21.Cl. The molecule has 2 atom stereocenters. The molecule has 2 aromatic carbocycles. The molecule has 0 bridgehead atoms. The third-order valence-electron chi connectivity index (χ3n) is 7.66. The number of nitrogens with one attached hydrogen (secondary N) is 2. The Kier molecular flexibility index (Phi) is 10.8. The average molecular weight is 551 g/mol. The summed E-state index contributed by atoms with van der Waals surface area (Å²) in [6.45, 7) is 23.9. The normalized spacial score (nSPS) is 13.3. The van der Waals surface area contributed by atoms with Gasteiger partial charge in [-0.25, -0.2) is 0 Å². The first-order valence-corrected chi connectivity index (χ1v) is 14.4. The van der Waals surface area contributed by atoms with Crippen molar-refractivity contribution in [2.45, 2.75) is 67.5 Å². The van der Waals surface area contributed by atoms with Crippen molar-refractivity contribution in [1.29, 1.82) is 0 Å². The number of fused-ring (bicyclic) bond motifs is 5. The number of aromatic nitrogens is 2. The lowest BCUT2D eigenvalue weighted by Gasteiger charge is -2.25. The molecule has 0 saturated carbocycles. The van der Waals surface area contributed by atoms with Crippen LogP contribution < -0.4 is 10.6 Å². The van der Waals surface area contributed by atoms with Crippen LogP contribution in [-0.2, 0) is 0 Å². The fourth-order valence-corrected chi connectivity index (χ4v) is 5.64. The van der Waals surface area contributed by atoms with Crippen LogP contribution in [-0.4, -0.2) is 71.1 Å². The van der Waals surface area contributed by atoms with Crippen LogP contribution in [0.4, 0.5) is 11.4 Å². The van der Waals surface area contributed by atoms with Gasteiger partial charge in [0.2, 0.25) is 0 Å². The number of benzene rings is 2. The van der Waals surface area contributed by atoms with Gasteiger partial charge in [-0.3, -0.25) is 9.97 Å². The van der Waals surface area contributed by atoms with Crippen LogP contribution in [0.15, 0.2) is 36.4 Å². The number of rotatable bonds is 12. The molecule has 0 fully saturated rings. The van der Waals surface area contributed by atoms with E-state index in [9.17, 15) is 0 Å². The molecule has 0 radical (unpaired) electrons. The monoisotopic (exact) mass is 550 g/mol. The van der Waals surface area contributed by atoms with E-state index >= 15 is 0 Å². The Hall–Kier alpha value is -2.67. The number of hydrogen-bond donors (Lipinski definition) is 2. The van der Waals surface area contributed by atoms with Crippen molar-refractivity contribution in [3.05, 3.63) is 47.8 Å². The minimum Gasteiger partial charge on any atom is -0.381 e. The van der Waals surface area contributed by atoms with Gasteiger partial charge in [0.15, 0.2) is 0 Å². The van der Waals surface area contributed by atoms with E-state index < -0.39 is 0 Å². The van der Waals surface area contributed by atoms with Crippen molar-refractivity contribution < 1.29 is 0 Å². The Labute approximate surface area is 241 Å². The molecule has 2 N–H and O–H groups in total. The van der Waals surface area contributed by atoms with Crippen molar-refractivity contribution in [3.8, 4) is 0 Å². The molecule has 4 rings (SSSR count). The molecule has 39 heavy (non-hydrogen) atoms. The van der Waals surface area contributed by atoms with Crippen LogP contribution in [0.5, 0.6) is 0 Å². The summed E-state index contributed by atoms with van der Waals surface area (Å²) in [5, 5.41) is 12.2. The number of nitrogens with zero attached hydrogens (tertiary/aromatic N) is 4. The molecule has 6 nitrogen and oxygen atoms in total. The van der Waals surface area contributed by atoms with Gasteiger partial charge >= 0.3 is 0 Å². The lowest BCUT2D eigenvalue weighted by molar-refractivity contribution is 0.295. The summed E-state index contributed by atoms with van der Waals surface area (Å²) in [7, 11) is 0. The summed E-state index contributed by atoms with van der Waals surface area (Å²) in [6.07, 6.45) is 0. The van der Waals surface area contributed by atoms with Gasteiger partial charge in [-0.15, -0.1) is 12.4 Å². The predicted molar refractivity (Wildman–Crippen MR) is 173 cm³/mol. The smallest absolute Gasteiger partial charge is 0.0805 e. The lowest BCUT2D eigenvalue weighted by Crippen LogP contribution is -2.34. The summed E-state index contributed by atoms with van der Waals surface area (Å²) >= 11 is 0. The summed E-state index contributed by atoms with van der Waals surface area (Å²) in [5.74, 6) is 0. The molecule has 2 aromatic heterocycles. The number of anilines is 2. The Bertz CT molecular complexity index is 1290. The van der Waals surface area contributed by atoms with Crippen molar-refractivity contribution in [1.82, 2.24) is 19.8 Å². The molecule has 0 aliphatic rings. The zero-order valence-electron chi connectivity index (χ0n) is 25.1. The second-order valence-corrected chi connectivity index (χ2v) is 10.7. The molecular weight excluding hydrogens is 504 g/mol. The second-order valence-electron chi connectivity index (χ2n) is 10.7. The van der Waals surface area contributed by atoms with E-state index in [0.717, 1.165) is 94.6 Å². The van der Waals surface area contributed by atoms with Gasteiger partial charge in [0, 0.05) is 69.5 Å². The van der Waals surface area contributed by atoms with Crippen molar-refractivity contribution in [2.75, 3.05) is 49.9 Å². The largest absolute Gasteiger partial charge is 0.381 e.